The van der Waals surface area contributed by atoms with E-state index in [9.17, 15) is 5.21 Å². The summed E-state index contributed by atoms with van der Waals surface area (Å²) in [5, 5.41) is 16.2. The van der Waals surface area contributed by atoms with Gasteiger partial charge >= 0.3 is 0 Å². The minimum Gasteiger partial charge on any atom is -0.409 e. The van der Waals surface area contributed by atoms with Crippen molar-refractivity contribution in [2.24, 2.45) is 34.6 Å². The number of nitrogens with zero attached hydrogens (tertiary/aromatic N) is 6. The van der Waals surface area contributed by atoms with E-state index in [1.807, 2.05) is 0 Å². The Hall–Kier alpha value is -2.58. The van der Waals surface area contributed by atoms with Crippen LogP contribution in [0, 0.1) is 23.7 Å². The molecule has 0 unspecified atom stereocenters. The summed E-state index contributed by atoms with van der Waals surface area (Å²) in [5.41, 5.74) is 7.60. The quantitative estimate of drug-likeness (QED) is 0.157. The van der Waals surface area contributed by atoms with E-state index in [-0.39, 0.29) is 11.7 Å². The summed E-state index contributed by atoms with van der Waals surface area (Å²) in [7, 11) is 0. The molecule has 9 heteroatoms. The largest absolute Gasteiger partial charge is 0.409 e. The van der Waals surface area contributed by atoms with Crippen molar-refractivity contribution in [2.45, 2.75) is 110 Å². The Kier molecular flexibility index (Phi) is 8.58. The number of amidine groups is 1. The van der Waals surface area contributed by atoms with Crippen LogP contribution in [0.1, 0.15) is 104 Å². The summed E-state index contributed by atoms with van der Waals surface area (Å²) < 4.78 is 2.43. The molecule has 38 heavy (non-hydrogen) atoms. The van der Waals surface area contributed by atoms with Crippen LogP contribution >= 0.6 is 0 Å². The zero-order chi connectivity index (χ0) is 26.6. The molecule has 0 bridgehead atoms. The van der Waals surface area contributed by atoms with Crippen LogP contribution in [-0.2, 0) is 6.54 Å². The van der Waals surface area contributed by atoms with Gasteiger partial charge in [0.15, 0.2) is 11.5 Å². The van der Waals surface area contributed by atoms with Crippen molar-refractivity contribution in [3.63, 3.8) is 0 Å². The zero-order valence-corrected chi connectivity index (χ0v) is 23.7. The van der Waals surface area contributed by atoms with Gasteiger partial charge in [-0.2, -0.15) is 4.98 Å². The predicted molar refractivity (Wildman–Crippen MR) is 154 cm³/mol. The third kappa shape index (κ3) is 6.01. The highest BCUT2D eigenvalue weighted by molar-refractivity contribution is 5.97. The molecule has 2 aromatic rings. The summed E-state index contributed by atoms with van der Waals surface area (Å²) in [6.07, 6.45) is 15.1. The fourth-order valence-corrected chi connectivity index (χ4v) is 6.70. The van der Waals surface area contributed by atoms with Crippen molar-refractivity contribution in [3.8, 4) is 0 Å². The first-order valence-corrected chi connectivity index (χ1v) is 15.2. The van der Waals surface area contributed by atoms with Gasteiger partial charge in [-0.1, -0.05) is 58.0 Å². The number of piperidine rings is 1. The number of rotatable bonds is 10. The molecule has 1 aliphatic heterocycles. The van der Waals surface area contributed by atoms with Crippen molar-refractivity contribution in [3.05, 3.63) is 5.82 Å². The Balaban J connectivity index is 1.57. The highest BCUT2D eigenvalue weighted by Crippen LogP contribution is 2.36. The molecule has 1 saturated heterocycles. The molecule has 210 valence electrons. The van der Waals surface area contributed by atoms with E-state index in [4.69, 9.17) is 20.7 Å². The first-order valence-electron chi connectivity index (χ1n) is 15.2. The van der Waals surface area contributed by atoms with Crippen LogP contribution in [0.3, 0.4) is 0 Å². The van der Waals surface area contributed by atoms with Crippen LogP contribution in [-0.4, -0.2) is 49.7 Å². The molecule has 2 aromatic heterocycles. The third-order valence-electron chi connectivity index (χ3n) is 9.19. The molecule has 0 spiro atoms. The lowest BCUT2D eigenvalue weighted by molar-refractivity contribution is 0.265. The number of aromatic nitrogens is 4. The molecule has 1 atom stereocenters. The summed E-state index contributed by atoms with van der Waals surface area (Å²) in [5.74, 6) is 4.81. The normalized spacial score (nSPS) is 25.2. The van der Waals surface area contributed by atoms with Crippen LogP contribution in [0.2, 0.25) is 0 Å². The molecule has 0 aromatic carbocycles. The van der Waals surface area contributed by atoms with E-state index >= 15 is 0 Å². The Morgan fingerprint density at radius 2 is 1.82 bits per heavy atom. The van der Waals surface area contributed by atoms with Gasteiger partial charge in [0.1, 0.15) is 5.52 Å². The monoisotopic (exact) mass is 524 g/mol. The van der Waals surface area contributed by atoms with E-state index < -0.39 is 0 Å². The lowest BCUT2D eigenvalue weighted by Crippen LogP contribution is -2.42. The molecule has 0 amide bonds. The Labute approximate surface area is 227 Å². The first kappa shape index (κ1) is 27.0. The smallest absolute Gasteiger partial charge is 0.208 e. The predicted octanol–water partition coefficient (Wildman–Crippen LogP) is 5.75. The van der Waals surface area contributed by atoms with Crippen LogP contribution in [0.25, 0.3) is 11.2 Å². The van der Waals surface area contributed by atoms with Crippen molar-refractivity contribution in [1.82, 2.24) is 19.5 Å². The van der Waals surface area contributed by atoms with E-state index in [2.05, 4.69) is 40.7 Å². The van der Waals surface area contributed by atoms with Crippen LogP contribution < -0.4 is 16.0 Å². The Morgan fingerprint density at radius 1 is 1.03 bits per heavy atom. The standard InChI is InChI=1S/C29H48N8O/c1-19(2)17-23-9-4-5-16-36(23)29-34-27-24(37(29)18-22-12-10-20(3)11-13-22)26(31-15-14-21-7-6-8-21)32-28(33-27)25(30)35-38/h19-23,38H,4-18H2,1-3H3,(H2,30,35)(H,31,32,33)/t20?,22?,23-/m1/s1. The number of hydrogen-bond donors (Lipinski definition) is 3. The van der Waals surface area contributed by atoms with Crippen LogP contribution in [0.5, 0.6) is 0 Å². The van der Waals surface area contributed by atoms with E-state index in [1.54, 1.807) is 0 Å². The lowest BCUT2D eigenvalue weighted by Gasteiger charge is -2.38. The van der Waals surface area contributed by atoms with Gasteiger partial charge in [-0.3, -0.25) is 0 Å². The highest BCUT2D eigenvalue weighted by atomic mass is 16.4. The highest BCUT2D eigenvalue weighted by Gasteiger charge is 2.31. The summed E-state index contributed by atoms with van der Waals surface area (Å²) in [4.78, 5) is 17.2. The number of nitrogens with two attached hydrogens (primary N) is 1. The Bertz CT molecular complexity index is 1100. The van der Waals surface area contributed by atoms with Crippen LogP contribution in [0.15, 0.2) is 5.16 Å². The van der Waals surface area contributed by atoms with Gasteiger partial charge in [-0.05, 0) is 68.6 Å². The van der Waals surface area contributed by atoms with Crippen molar-refractivity contribution in [2.75, 3.05) is 23.3 Å². The lowest BCUT2D eigenvalue weighted by atomic mass is 9.83. The molecule has 0 radical (unpaired) electrons. The molecule has 4 N–H and O–H groups in total. The third-order valence-corrected chi connectivity index (χ3v) is 9.19. The van der Waals surface area contributed by atoms with Gasteiger partial charge < -0.3 is 25.7 Å². The number of fused-ring (bicyclic) bond motifs is 1. The van der Waals surface area contributed by atoms with E-state index in [0.717, 1.165) is 61.6 Å². The maximum atomic E-state index is 9.39. The summed E-state index contributed by atoms with van der Waals surface area (Å²) >= 11 is 0. The van der Waals surface area contributed by atoms with Gasteiger partial charge in [0, 0.05) is 25.7 Å². The molecule has 9 nitrogen and oxygen atoms in total. The second-order valence-electron chi connectivity index (χ2n) is 12.7. The molecule has 5 rings (SSSR count). The van der Waals surface area contributed by atoms with Gasteiger partial charge in [-0.25, -0.2) is 9.97 Å². The van der Waals surface area contributed by atoms with Crippen molar-refractivity contribution in [1.29, 1.82) is 0 Å². The Morgan fingerprint density at radius 3 is 2.50 bits per heavy atom. The van der Waals surface area contributed by atoms with Gasteiger partial charge in [0.2, 0.25) is 17.6 Å². The van der Waals surface area contributed by atoms with Gasteiger partial charge in [0.05, 0.1) is 0 Å². The maximum Gasteiger partial charge on any atom is 0.208 e. The average molecular weight is 525 g/mol. The second kappa shape index (κ2) is 12.1. The molecule has 3 heterocycles. The molecule has 3 fully saturated rings. The molecular formula is C29H48N8O. The second-order valence-corrected chi connectivity index (χ2v) is 12.7. The number of hydrogen-bond acceptors (Lipinski definition) is 7. The number of nitrogens with one attached hydrogen (secondary N) is 1. The number of oxime groups is 1. The number of anilines is 2. The van der Waals surface area contributed by atoms with Gasteiger partial charge in [-0.15, -0.1) is 0 Å². The average Bonchev–Trinajstić information content (AvgIpc) is 3.24. The summed E-state index contributed by atoms with van der Waals surface area (Å²) in [6, 6.07) is 0.484. The van der Waals surface area contributed by atoms with Gasteiger partial charge in [0.25, 0.3) is 0 Å². The minimum atomic E-state index is -0.0815. The minimum absolute atomic E-state index is 0.0815. The van der Waals surface area contributed by atoms with E-state index in [0.29, 0.717) is 23.5 Å². The number of imidazole rings is 1. The maximum absolute atomic E-state index is 9.39. The molecule has 2 aliphatic carbocycles. The summed E-state index contributed by atoms with van der Waals surface area (Å²) in [6.45, 7) is 9.83. The fraction of sp³-hybridized carbons (Fsp3) is 0.793. The zero-order valence-electron chi connectivity index (χ0n) is 23.7. The first-order chi connectivity index (χ1) is 18.4. The van der Waals surface area contributed by atoms with Crippen LogP contribution in [0.4, 0.5) is 11.8 Å². The van der Waals surface area contributed by atoms with E-state index in [1.165, 1.54) is 64.2 Å². The van der Waals surface area contributed by atoms with Crippen molar-refractivity contribution >= 4 is 28.8 Å². The topological polar surface area (TPSA) is 117 Å². The molecule has 2 saturated carbocycles. The fourth-order valence-electron chi connectivity index (χ4n) is 6.70. The SMILES string of the molecule is CC(C)C[C@H]1CCCCN1c1nc2nc(C(N)=NO)nc(NCCC3CCC3)c2n1CC1CCC(C)CC1. The molecule has 3 aliphatic rings. The molecular weight excluding hydrogens is 476 g/mol. The van der Waals surface area contributed by atoms with Crippen molar-refractivity contribution < 1.29 is 5.21 Å².